The van der Waals surface area contributed by atoms with Crippen molar-refractivity contribution in [3.63, 3.8) is 0 Å². The van der Waals surface area contributed by atoms with E-state index in [1.165, 1.54) is 6.07 Å². The van der Waals surface area contributed by atoms with Crippen LogP contribution in [0.15, 0.2) is 24.3 Å². The summed E-state index contributed by atoms with van der Waals surface area (Å²) in [4.78, 5) is 8.57. The number of β-amino-alcohol motifs (C(OH)–C–C–N with tert-alkyl or cyclic N) is 2. The Kier molecular flexibility index (Phi) is 11.5. The molecular weight excluding hydrogens is 650 g/mol. The van der Waals surface area contributed by atoms with Crippen molar-refractivity contribution >= 4 is 63.4 Å². The zero-order valence-corrected chi connectivity index (χ0v) is 21.2. The van der Waals surface area contributed by atoms with Gasteiger partial charge < -0.3 is 20.4 Å². The molecule has 4 atom stereocenters. The van der Waals surface area contributed by atoms with E-state index in [2.05, 4.69) is 15.3 Å². The molecule has 2 aromatic rings. The Labute approximate surface area is 206 Å². The molecule has 0 amide bonds. The van der Waals surface area contributed by atoms with E-state index in [0.717, 1.165) is 22.2 Å². The fraction of sp³-hybridized carbons (Fsp3) is 0.444. The minimum Gasteiger partial charge on any atom is -0.390 e. The molecule has 30 heavy (non-hydrogen) atoms. The molecule has 3 N–H and O–H groups in total. The van der Waals surface area contributed by atoms with Crippen LogP contribution in [-0.2, 0) is 0 Å². The SMILES string of the molecule is CC1C(O)CN1c1cc(I)cc(F)n1.CC1NCC1O.Cl.Fc1cc(I)cc(F)n1. The van der Waals surface area contributed by atoms with Gasteiger partial charge in [0, 0.05) is 44.5 Å². The summed E-state index contributed by atoms with van der Waals surface area (Å²) in [6.07, 6.45) is -0.400. The van der Waals surface area contributed by atoms with E-state index in [1.54, 1.807) is 0 Å². The van der Waals surface area contributed by atoms with Gasteiger partial charge in [-0.05, 0) is 65.1 Å². The van der Waals surface area contributed by atoms with Gasteiger partial charge in [0.05, 0.1) is 18.2 Å². The second-order valence-corrected chi connectivity index (χ2v) is 9.11. The molecule has 0 saturated carbocycles. The molecule has 2 fully saturated rings. The lowest BCUT2D eigenvalue weighted by Crippen LogP contribution is -2.59. The molecule has 4 unspecified atom stereocenters. The van der Waals surface area contributed by atoms with Gasteiger partial charge in [0.1, 0.15) is 5.82 Å². The number of nitrogens with one attached hydrogen (secondary N) is 1. The second-order valence-electron chi connectivity index (χ2n) is 6.62. The lowest BCUT2D eigenvalue weighted by atomic mass is 10.0. The highest BCUT2D eigenvalue weighted by atomic mass is 127. The number of nitrogens with zero attached hydrogens (tertiary/aromatic N) is 3. The highest BCUT2D eigenvalue weighted by Gasteiger charge is 2.34. The number of hydrogen-bond donors (Lipinski definition) is 3. The van der Waals surface area contributed by atoms with Crippen LogP contribution in [0.2, 0.25) is 0 Å². The van der Waals surface area contributed by atoms with E-state index in [4.69, 9.17) is 5.11 Å². The normalized spacial score (nSPS) is 24.1. The molecule has 0 spiro atoms. The van der Waals surface area contributed by atoms with E-state index in [-0.39, 0.29) is 30.7 Å². The van der Waals surface area contributed by atoms with Crippen molar-refractivity contribution in [2.45, 2.75) is 38.1 Å². The average molecular weight is 673 g/mol. The van der Waals surface area contributed by atoms with Crippen LogP contribution < -0.4 is 10.2 Å². The molecule has 12 heteroatoms. The number of hydrogen-bond acceptors (Lipinski definition) is 6. The number of halogens is 6. The van der Waals surface area contributed by atoms with E-state index < -0.39 is 17.8 Å². The van der Waals surface area contributed by atoms with Gasteiger partial charge in [0.15, 0.2) is 0 Å². The highest BCUT2D eigenvalue weighted by Crippen LogP contribution is 2.26. The van der Waals surface area contributed by atoms with Crippen LogP contribution in [0.3, 0.4) is 0 Å². The second kappa shape index (κ2) is 12.5. The van der Waals surface area contributed by atoms with E-state index in [0.29, 0.717) is 22.0 Å². The Morgan fingerprint density at radius 3 is 1.70 bits per heavy atom. The van der Waals surface area contributed by atoms with Crippen LogP contribution in [0, 0.1) is 25.0 Å². The Morgan fingerprint density at radius 2 is 1.40 bits per heavy atom. The zero-order chi connectivity index (χ0) is 21.7. The summed E-state index contributed by atoms with van der Waals surface area (Å²) in [5.74, 6) is -1.42. The Bertz CT molecular complexity index is 761. The van der Waals surface area contributed by atoms with Crippen LogP contribution in [0.25, 0.3) is 0 Å². The fourth-order valence-corrected chi connectivity index (χ4v) is 3.44. The van der Waals surface area contributed by atoms with Crippen molar-refractivity contribution in [2.75, 3.05) is 18.0 Å². The molecule has 0 bridgehead atoms. The van der Waals surface area contributed by atoms with Crippen LogP contribution in [0.4, 0.5) is 19.0 Å². The summed E-state index contributed by atoms with van der Waals surface area (Å²) < 4.78 is 38.4. The largest absolute Gasteiger partial charge is 0.390 e. The van der Waals surface area contributed by atoms with Crippen LogP contribution in [-0.4, -0.2) is 57.6 Å². The summed E-state index contributed by atoms with van der Waals surface area (Å²) in [7, 11) is 0. The highest BCUT2D eigenvalue weighted by molar-refractivity contribution is 14.1. The van der Waals surface area contributed by atoms with Crippen molar-refractivity contribution in [1.29, 1.82) is 0 Å². The van der Waals surface area contributed by atoms with Gasteiger partial charge in [-0.1, -0.05) is 0 Å². The Balaban J connectivity index is 0.000000242. The minimum atomic E-state index is -0.778. The van der Waals surface area contributed by atoms with Crippen LogP contribution >= 0.6 is 57.6 Å². The van der Waals surface area contributed by atoms with Gasteiger partial charge in [0.2, 0.25) is 17.8 Å². The molecular formula is C18H22ClF3I2N4O2. The van der Waals surface area contributed by atoms with Crippen molar-refractivity contribution in [1.82, 2.24) is 15.3 Å². The molecule has 2 aromatic heterocycles. The lowest BCUT2D eigenvalue weighted by molar-refractivity contribution is 0.0704. The third-order valence-corrected chi connectivity index (χ3v) is 5.67. The van der Waals surface area contributed by atoms with Crippen LogP contribution in [0.5, 0.6) is 0 Å². The Morgan fingerprint density at radius 1 is 0.933 bits per heavy atom. The summed E-state index contributed by atoms with van der Waals surface area (Å²) in [6, 6.07) is 5.87. The third kappa shape index (κ3) is 8.22. The molecule has 0 radical (unpaired) electrons. The first kappa shape index (κ1) is 27.6. The maximum atomic E-state index is 13.0. The topological polar surface area (TPSA) is 81.5 Å². The lowest BCUT2D eigenvalue weighted by Gasteiger charge is -2.44. The van der Waals surface area contributed by atoms with E-state index >= 15 is 0 Å². The molecule has 4 heterocycles. The van der Waals surface area contributed by atoms with Gasteiger partial charge in [-0.15, -0.1) is 12.4 Å². The number of aromatic nitrogens is 2. The number of pyridine rings is 2. The first-order chi connectivity index (χ1) is 13.6. The van der Waals surface area contributed by atoms with Gasteiger partial charge >= 0.3 is 0 Å². The molecule has 168 valence electrons. The predicted octanol–water partition coefficient (Wildman–Crippen LogP) is 3.12. The fourth-order valence-electron chi connectivity index (χ4n) is 2.39. The number of aliphatic hydroxyl groups is 2. The first-order valence-electron chi connectivity index (χ1n) is 8.74. The van der Waals surface area contributed by atoms with E-state index in [9.17, 15) is 18.3 Å². The van der Waals surface area contributed by atoms with Gasteiger partial charge in [-0.2, -0.15) is 18.2 Å². The molecule has 2 aliphatic rings. The summed E-state index contributed by atoms with van der Waals surface area (Å²) in [5.41, 5.74) is 0. The number of aliphatic hydroxyl groups excluding tert-OH is 2. The molecule has 6 nitrogen and oxygen atoms in total. The maximum Gasteiger partial charge on any atom is 0.216 e. The summed E-state index contributed by atoms with van der Waals surface area (Å²) in [6.45, 7) is 5.18. The minimum absolute atomic E-state index is 0. The van der Waals surface area contributed by atoms with Gasteiger partial charge in [0.25, 0.3) is 0 Å². The van der Waals surface area contributed by atoms with Crippen molar-refractivity contribution in [3.05, 3.63) is 49.2 Å². The number of rotatable bonds is 1. The van der Waals surface area contributed by atoms with Crippen LogP contribution in [0.1, 0.15) is 13.8 Å². The predicted molar refractivity (Wildman–Crippen MR) is 127 cm³/mol. The third-order valence-electron chi connectivity index (χ3n) is 4.43. The quantitative estimate of drug-likeness (QED) is 0.320. The molecule has 4 rings (SSSR count). The average Bonchev–Trinajstić information content (AvgIpc) is 2.63. The van der Waals surface area contributed by atoms with Crippen molar-refractivity contribution in [2.24, 2.45) is 0 Å². The van der Waals surface area contributed by atoms with E-state index in [1.807, 2.05) is 70.0 Å². The molecule has 0 aromatic carbocycles. The molecule has 2 aliphatic heterocycles. The number of anilines is 1. The standard InChI is InChI=1S/C9H10FIN2O.C5H2F2IN.C4H9NO.ClH/c1-5-7(14)4-13(5)9-3-6(11)2-8(10)12-9;6-4-1-3(8)2-5(7)9-4;1-3-4(6)2-5-3;/h2-3,5,7,14H,4H2,1H3;1-2H;3-6H,2H2,1H3;1H. The molecule has 0 aliphatic carbocycles. The van der Waals surface area contributed by atoms with Crippen molar-refractivity contribution in [3.8, 4) is 0 Å². The van der Waals surface area contributed by atoms with Gasteiger partial charge in [-0.25, -0.2) is 4.98 Å². The Hall–Kier alpha value is -0.480. The summed E-state index contributed by atoms with van der Waals surface area (Å²) >= 11 is 3.86. The summed E-state index contributed by atoms with van der Waals surface area (Å²) in [5, 5.41) is 21.0. The maximum absolute atomic E-state index is 13.0. The van der Waals surface area contributed by atoms with Gasteiger partial charge in [-0.3, -0.25) is 0 Å². The monoisotopic (exact) mass is 672 g/mol. The zero-order valence-electron chi connectivity index (χ0n) is 16.1. The smallest absolute Gasteiger partial charge is 0.216 e. The van der Waals surface area contributed by atoms with Crippen molar-refractivity contribution < 1.29 is 23.4 Å². The first-order valence-corrected chi connectivity index (χ1v) is 10.9. The molecule has 2 saturated heterocycles.